The SMILES string of the molecule is CNS(=O)(=O)CCNC(=O)C(F)(F)C(F)F. The maximum absolute atomic E-state index is 12.3. The third-order valence-electron chi connectivity index (χ3n) is 1.54. The zero-order valence-electron chi connectivity index (χ0n) is 8.14. The normalized spacial score (nSPS) is 12.9. The van der Waals surface area contributed by atoms with E-state index in [4.69, 9.17) is 0 Å². The largest absolute Gasteiger partial charge is 0.383 e. The van der Waals surface area contributed by atoms with Gasteiger partial charge in [0, 0.05) is 6.54 Å². The number of halogens is 4. The predicted molar refractivity (Wildman–Crippen MR) is 46.8 cm³/mol. The van der Waals surface area contributed by atoms with E-state index in [0.717, 1.165) is 7.05 Å². The maximum atomic E-state index is 12.3. The van der Waals surface area contributed by atoms with Gasteiger partial charge in [0.1, 0.15) is 0 Å². The predicted octanol–water partition coefficient (Wildman–Crippen LogP) is -0.448. The first kappa shape index (κ1) is 15.1. The van der Waals surface area contributed by atoms with Crippen LogP contribution in [-0.2, 0) is 14.8 Å². The summed E-state index contributed by atoms with van der Waals surface area (Å²) in [7, 11) is -2.59. The van der Waals surface area contributed by atoms with E-state index in [0.29, 0.717) is 0 Å². The van der Waals surface area contributed by atoms with Crippen LogP contribution in [0.1, 0.15) is 0 Å². The summed E-state index contributed by atoms with van der Waals surface area (Å²) in [6, 6.07) is 0. The van der Waals surface area contributed by atoms with Crippen molar-refractivity contribution in [2.24, 2.45) is 0 Å². The number of rotatable bonds is 6. The van der Waals surface area contributed by atoms with Crippen LogP contribution in [0.25, 0.3) is 0 Å². The van der Waals surface area contributed by atoms with E-state index in [1.54, 1.807) is 0 Å². The molecule has 0 radical (unpaired) electrons. The Balaban J connectivity index is 4.20. The molecule has 0 rings (SSSR count). The minimum absolute atomic E-state index is 0.672. The highest BCUT2D eigenvalue weighted by atomic mass is 32.2. The van der Waals surface area contributed by atoms with Crippen LogP contribution in [0.15, 0.2) is 0 Å². The lowest BCUT2D eigenvalue weighted by Gasteiger charge is -2.14. The highest BCUT2D eigenvalue weighted by Gasteiger charge is 2.48. The van der Waals surface area contributed by atoms with E-state index < -0.39 is 40.6 Å². The van der Waals surface area contributed by atoms with Gasteiger partial charge >= 0.3 is 12.3 Å². The molecule has 1 amide bonds. The van der Waals surface area contributed by atoms with Crippen LogP contribution in [0.3, 0.4) is 0 Å². The van der Waals surface area contributed by atoms with Crippen molar-refractivity contribution in [3.8, 4) is 0 Å². The van der Waals surface area contributed by atoms with Crippen molar-refractivity contribution >= 4 is 15.9 Å². The summed E-state index contributed by atoms with van der Waals surface area (Å²) in [5.41, 5.74) is 0. The molecule has 0 aliphatic rings. The Hall–Kier alpha value is -0.900. The van der Waals surface area contributed by atoms with E-state index in [1.807, 2.05) is 4.72 Å². The van der Waals surface area contributed by atoms with E-state index in [2.05, 4.69) is 0 Å². The molecule has 0 spiro atoms. The molecule has 5 nitrogen and oxygen atoms in total. The number of alkyl halides is 4. The zero-order chi connectivity index (χ0) is 13.0. The van der Waals surface area contributed by atoms with Gasteiger partial charge in [-0.25, -0.2) is 21.9 Å². The number of hydrogen-bond acceptors (Lipinski definition) is 3. The van der Waals surface area contributed by atoms with E-state index in [-0.39, 0.29) is 0 Å². The van der Waals surface area contributed by atoms with Crippen LogP contribution in [0.4, 0.5) is 17.6 Å². The number of sulfonamides is 1. The third-order valence-corrected chi connectivity index (χ3v) is 2.91. The van der Waals surface area contributed by atoms with Crippen LogP contribution in [0, 0.1) is 0 Å². The Morgan fingerprint density at radius 3 is 2.25 bits per heavy atom. The molecule has 2 N–H and O–H groups in total. The number of carbonyl (C=O) groups is 1. The minimum atomic E-state index is -4.82. The molecule has 0 aromatic rings. The molecule has 0 aromatic heterocycles. The van der Waals surface area contributed by atoms with Gasteiger partial charge in [-0.05, 0) is 7.05 Å². The van der Waals surface area contributed by atoms with Crippen LogP contribution in [0.5, 0.6) is 0 Å². The monoisotopic (exact) mass is 266 g/mol. The molecule has 0 aliphatic heterocycles. The minimum Gasteiger partial charge on any atom is -0.350 e. The van der Waals surface area contributed by atoms with Crippen LogP contribution in [-0.4, -0.2) is 46.0 Å². The molecule has 0 saturated carbocycles. The fourth-order valence-electron chi connectivity index (χ4n) is 0.618. The van der Waals surface area contributed by atoms with Gasteiger partial charge in [-0.15, -0.1) is 0 Å². The van der Waals surface area contributed by atoms with Crippen molar-refractivity contribution < 1.29 is 30.8 Å². The molecule has 10 heteroatoms. The molecule has 0 heterocycles. The number of amides is 1. The summed E-state index contributed by atoms with van der Waals surface area (Å²) in [5, 5.41) is 1.41. The van der Waals surface area contributed by atoms with Crippen molar-refractivity contribution in [2.75, 3.05) is 19.3 Å². The molecular formula is C6H10F4N2O3S. The quantitative estimate of drug-likeness (QED) is 0.639. The molecule has 0 fully saturated rings. The summed E-state index contributed by atoms with van der Waals surface area (Å²) >= 11 is 0. The van der Waals surface area contributed by atoms with Crippen molar-refractivity contribution in [1.82, 2.24) is 10.0 Å². The highest BCUT2D eigenvalue weighted by molar-refractivity contribution is 7.89. The lowest BCUT2D eigenvalue weighted by Crippen LogP contribution is -2.46. The second-order valence-electron chi connectivity index (χ2n) is 2.70. The Morgan fingerprint density at radius 1 is 1.38 bits per heavy atom. The molecule has 96 valence electrons. The van der Waals surface area contributed by atoms with Crippen molar-refractivity contribution in [2.45, 2.75) is 12.3 Å². The first-order valence-corrected chi connectivity index (χ1v) is 5.64. The summed E-state index contributed by atoms with van der Waals surface area (Å²) in [4.78, 5) is 10.5. The average Bonchev–Trinajstić information content (AvgIpc) is 2.17. The van der Waals surface area contributed by atoms with Crippen LogP contribution < -0.4 is 10.0 Å². The van der Waals surface area contributed by atoms with Crippen molar-refractivity contribution in [3.63, 3.8) is 0 Å². The van der Waals surface area contributed by atoms with Gasteiger partial charge in [-0.2, -0.15) is 8.78 Å². The van der Waals surface area contributed by atoms with Gasteiger partial charge in [0.05, 0.1) is 5.75 Å². The summed E-state index contributed by atoms with van der Waals surface area (Å²) in [6.45, 7) is -0.676. The Morgan fingerprint density at radius 2 is 1.88 bits per heavy atom. The maximum Gasteiger partial charge on any atom is 0.383 e. The number of nitrogens with one attached hydrogen (secondary N) is 2. The summed E-state index contributed by atoms with van der Waals surface area (Å²) in [5.74, 6) is -7.69. The molecule has 0 aliphatic carbocycles. The van der Waals surface area contributed by atoms with Crippen LogP contribution in [0.2, 0.25) is 0 Å². The fraction of sp³-hybridized carbons (Fsp3) is 0.833. The third kappa shape index (κ3) is 4.31. The Labute approximate surface area is 89.2 Å². The van der Waals surface area contributed by atoms with Crippen LogP contribution >= 0.6 is 0 Å². The van der Waals surface area contributed by atoms with Gasteiger partial charge in [-0.1, -0.05) is 0 Å². The number of carbonyl (C=O) groups excluding carboxylic acids is 1. The second kappa shape index (κ2) is 5.43. The van der Waals surface area contributed by atoms with Crippen molar-refractivity contribution in [3.05, 3.63) is 0 Å². The van der Waals surface area contributed by atoms with Gasteiger partial charge in [0.25, 0.3) is 5.91 Å². The van der Waals surface area contributed by atoms with Gasteiger partial charge < -0.3 is 5.32 Å². The molecule has 0 saturated heterocycles. The van der Waals surface area contributed by atoms with E-state index in [1.165, 1.54) is 5.32 Å². The lowest BCUT2D eigenvalue weighted by molar-refractivity contribution is -0.169. The zero-order valence-corrected chi connectivity index (χ0v) is 8.95. The average molecular weight is 266 g/mol. The molecule has 0 atom stereocenters. The molecule has 16 heavy (non-hydrogen) atoms. The Bertz CT molecular complexity index is 344. The second-order valence-corrected chi connectivity index (χ2v) is 4.75. The topological polar surface area (TPSA) is 75.3 Å². The summed E-state index contributed by atoms with van der Waals surface area (Å²) in [6.07, 6.45) is -4.13. The standard InChI is InChI=1S/C6H10F4N2O3S/c1-11-16(14,15)3-2-12-5(13)6(9,10)4(7)8/h4,11H,2-3H2,1H3,(H,12,13). The lowest BCUT2D eigenvalue weighted by atomic mass is 10.3. The fourth-order valence-corrected chi connectivity index (χ4v) is 1.19. The van der Waals surface area contributed by atoms with Crippen molar-refractivity contribution in [1.29, 1.82) is 0 Å². The smallest absolute Gasteiger partial charge is 0.350 e. The van der Waals surface area contributed by atoms with Gasteiger partial charge in [0.15, 0.2) is 0 Å². The van der Waals surface area contributed by atoms with Gasteiger partial charge in [-0.3, -0.25) is 4.79 Å². The van der Waals surface area contributed by atoms with E-state index in [9.17, 15) is 30.8 Å². The molecule has 0 aromatic carbocycles. The Kier molecular flexibility index (Phi) is 5.13. The first-order valence-electron chi connectivity index (χ1n) is 3.99. The highest BCUT2D eigenvalue weighted by Crippen LogP contribution is 2.22. The van der Waals surface area contributed by atoms with Gasteiger partial charge in [0.2, 0.25) is 10.0 Å². The molecule has 0 bridgehead atoms. The van der Waals surface area contributed by atoms with E-state index >= 15 is 0 Å². The molecular weight excluding hydrogens is 256 g/mol. The summed E-state index contributed by atoms with van der Waals surface area (Å²) < 4.78 is 71.3. The number of hydrogen-bond donors (Lipinski definition) is 2. The first-order chi connectivity index (χ1) is 7.13. The molecule has 0 unspecified atom stereocenters.